The van der Waals surface area contributed by atoms with Crippen LogP contribution in [0.15, 0.2) is 42.9 Å². The van der Waals surface area contributed by atoms with E-state index in [9.17, 15) is 4.79 Å². The number of allylic oxidation sites excluding steroid dienone is 1. The Labute approximate surface area is 120 Å². The zero-order valence-electron chi connectivity index (χ0n) is 10.8. The molecule has 5 heteroatoms. The van der Waals surface area contributed by atoms with E-state index in [1.54, 1.807) is 41.4 Å². The standard InChI is InChI=1S/C15H12ClN3O/c1-19-9-10(7-18-19)2-5-15(20)13-8-17-14-6-11(16)3-4-12(13)14/h2-9,17H,1H3/b5-2+. The molecule has 0 aliphatic carbocycles. The molecule has 20 heavy (non-hydrogen) atoms. The second-order valence-corrected chi connectivity index (χ2v) is 4.97. The molecule has 0 amide bonds. The van der Waals surface area contributed by atoms with Gasteiger partial charge in [0.2, 0.25) is 0 Å². The quantitative estimate of drug-likeness (QED) is 0.592. The summed E-state index contributed by atoms with van der Waals surface area (Å²) < 4.78 is 1.69. The van der Waals surface area contributed by atoms with Gasteiger partial charge in [-0.05, 0) is 24.3 Å². The fourth-order valence-electron chi connectivity index (χ4n) is 2.09. The topological polar surface area (TPSA) is 50.7 Å². The van der Waals surface area contributed by atoms with Crippen LogP contribution in [0.1, 0.15) is 15.9 Å². The van der Waals surface area contributed by atoms with Crippen molar-refractivity contribution in [1.29, 1.82) is 0 Å². The molecule has 3 rings (SSSR count). The van der Waals surface area contributed by atoms with Gasteiger partial charge in [0.15, 0.2) is 5.78 Å². The van der Waals surface area contributed by atoms with Gasteiger partial charge in [0.05, 0.1) is 6.20 Å². The Morgan fingerprint density at radius 2 is 2.30 bits per heavy atom. The molecular formula is C15H12ClN3O. The SMILES string of the molecule is Cn1cc(/C=C/C(=O)c2c[nH]c3cc(Cl)ccc23)cn1. The van der Waals surface area contributed by atoms with Crippen LogP contribution < -0.4 is 0 Å². The highest BCUT2D eigenvalue weighted by molar-refractivity contribution is 6.31. The Hall–Kier alpha value is -2.33. The predicted octanol–water partition coefficient (Wildman–Crippen LogP) is 3.45. The Bertz CT molecular complexity index is 814. The summed E-state index contributed by atoms with van der Waals surface area (Å²) in [6.45, 7) is 0. The number of hydrogen-bond donors (Lipinski definition) is 1. The van der Waals surface area contributed by atoms with Gasteiger partial charge in [0, 0.05) is 46.5 Å². The maximum atomic E-state index is 12.2. The Balaban J connectivity index is 1.91. The van der Waals surface area contributed by atoms with Crippen molar-refractivity contribution in [2.45, 2.75) is 0 Å². The van der Waals surface area contributed by atoms with Crippen LogP contribution in [-0.2, 0) is 7.05 Å². The summed E-state index contributed by atoms with van der Waals surface area (Å²) in [7, 11) is 1.84. The lowest BCUT2D eigenvalue weighted by atomic mass is 10.1. The largest absolute Gasteiger partial charge is 0.360 e. The van der Waals surface area contributed by atoms with Crippen LogP contribution in [0, 0.1) is 0 Å². The molecule has 0 unspecified atom stereocenters. The van der Waals surface area contributed by atoms with Crippen molar-refractivity contribution in [2.24, 2.45) is 7.05 Å². The van der Waals surface area contributed by atoms with Crippen LogP contribution in [0.2, 0.25) is 5.02 Å². The Morgan fingerprint density at radius 3 is 3.05 bits per heavy atom. The number of fused-ring (bicyclic) bond motifs is 1. The highest BCUT2D eigenvalue weighted by Crippen LogP contribution is 2.22. The van der Waals surface area contributed by atoms with Gasteiger partial charge < -0.3 is 4.98 Å². The number of aromatic amines is 1. The first kappa shape index (κ1) is 12.7. The monoisotopic (exact) mass is 285 g/mol. The van der Waals surface area contributed by atoms with Gasteiger partial charge in [-0.1, -0.05) is 17.7 Å². The Kier molecular flexibility index (Phi) is 3.16. The molecule has 1 aromatic carbocycles. The number of benzene rings is 1. The highest BCUT2D eigenvalue weighted by Gasteiger charge is 2.09. The van der Waals surface area contributed by atoms with Crippen molar-refractivity contribution in [1.82, 2.24) is 14.8 Å². The maximum absolute atomic E-state index is 12.2. The number of carbonyl (C=O) groups excluding carboxylic acids is 1. The van der Waals surface area contributed by atoms with E-state index in [1.165, 1.54) is 0 Å². The summed E-state index contributed by atoms with van der Waals surface area (Å²) in [5.41, 5.74) is 2.39. The number of nitrogens with zero attached hydrogens (tertiary/aromatic N) is 2. The second kappa shape index (κ2) is 4.98. The number of ketones is 1. The molecule has 0 aliphatic heterocycles. The summed E-state index contributed by atoms with van der Waals surface area (Å²) in [5.74, 6) is -0.0533. The molecule has 0 saturated heterocycles. The van der Waals surface area contributed by atoms with E-state index >= 15 is 0 Å². The molecule has 0 aliphatic rings. The molecule has 0 spiro atoms. The number of rotatable bonds is 3. The third kappa shape index (κ3) is 2.38. The molecule has 2 heterocycles. The molecular weight excluding hydrogens is 274 g/mol. The van der Waals surface area contributed by atoms with Crippen molar-refractivity contribution in [3.05, 3.63) is 59.0 Å². The molecule has 0 saturated carbocycles. The van der Waals surface area contributed by atoms with Crippen molar-refractivity contribution >= 4 is 34.4 Å². The third-order valence-electron chi connectivity index (χ3n) is 3.06. The zero-order chi connectivity index (χ0) is 14.1. The van der Waals surface area contributed by atoms with E-state index in [4.69, 9.17) is 11.6 Å². The minimum absolute atomic E-state index is 0.0533. The van der Waals surface area contributed by atoms with E-state index in [-0.39, 0.29) is 5.78 Å². The third-order valence-corrected chi connectivity index (χ3v) is 3.30. The van der Waals surface area contributed by atoms with E-state index in [2.05, 4.69) is 10.1 Å². The van der Waals surface area contributed by atoms with Gasteiger partial charge in [0.1, 0.15) is 0 Å². The van der Waals surface area contributed by atoms with Gasteiger partial charge in [-0.25, -0.2) is 0 Å². The lowest BCUT2D eigenvalue weighted by molar-refractivity contribution is 0.104. The van der Waals surface area contributed by atoms with Crippen LogP contribution in [0.4, 0.5) is 0 Å². The van der Waals surface area contributed by atoms with Crippen molar-refractivity contribution < 1.29 is 4.79 Å². The van der Waals surface area contributed by atoms with Crippen LogP contribution in [-0.4, -0.2) is 20.5 Å². The average molecular weight is 286 g/mol. The molecule has 0 atom stereocenters. The van der Waals surface area contributed by atoms with E-state index in [0.29, 0.717) is 10.6 Å². The number of carbonyl (C=O) groups is 1. The maximum Gasteiger partial charge on any atom is 0.188 e. The number of nitrogens with one attached hydrogen (secondary N) is 1. The van der Waals surface area contributed by atoms with Crippen LogP contribution in [0.5, 0.6) is 0 Å². The number of hydrogen-bond acceptors (Lipinski definition) is 2. The summed E-state index contributed by atoms with van der Waals surface area (Å²) in [6.07, 6.45) is 8.56. The first-order valence-corrected chi connectivity index (χ1v) is 6.49. The minimum atomic E-state index is -0.0533. The molecule has 0 fully saturated rings. The fraction of sp³-hybridized carbons (Fsp3) is 0.0667. The van der Waals surface area contributed by atoms with Crippen molar-refractivity contribution in [3.63, 3.8) is 0 Å². The van der Waals surface area contributed by atoms with Crippen LogP contribution in [0.25, 0.3) is 17.0 Å². The lowest BCUT2D eigenvalue weighted by Crippen LogP contribution is -1.91. The van der Waals surface area contributed by atoms with Crippen molar-refractivity contribution in [2.75, 3.05) is 0 Å². The molecule has 0 radical (unpaired) electrons. The zero-order valence-corrected chi connectivity index (χ0v) is 11.6. The minimum Gasteiger partial charge on any atom is -0.360 e. The smallest absolute Gasteiger partial charge is 0.188 e. The molecule has 4 nitrogen and oxygen atoms in total. The van der Waals surface area contributed by atoms with Gasteiger partial charge in [-0.3, -0.25) is 9.48 Å². The van der Waals surface area contributed by atoms with Gasteiger partial charge in [-0.15, -0.1) is 0 Å². The highest BCUT2D eigenvalue weighted by atomic mass is 35.5. The molecule has 1 N–H and O–H groups in total. The van der Waals surface area contributed by atoms with E-state index in [0.717, 1.165) is 16.5 Å². The number of H-pyrrole nitrogens is 1. The Morgan fingerprint density at radius 1 is 1.45 bits per heavy atom. The molecule has 100 valence electrons. The van der Waals surface area contributed by atoms with E-state index < -0.39 is 0 Å². The summed E-state index contributed by atoms with van der Waals surface area (Å²) in [4.78, 5) is 15.3. The number of halogens is 1. The number of aromatic nitrogens is 3. The van der Waals surface area contributed by atoms with Crippen molar-refractivity contribution in [3.8, 4) is 0 Å². The molecule has 0 bridgehead atoms. The lowest BCUT2D eigenvalue weighted by Gasteiger charge is -1.94. The van der Waals surface area contributed by atoms with Crippen LogP contribution in [0.3, 0.4) is 0 Å². The van der Waals surface area contributed by atoms with Gasteiger partial charge in [0.25, 0.3) is 0 Å². The predicted molar refractivity (Wildman–Crippen MR) is 79.9 cm³/mol. The number of aryl methyl sites for hydroxylation is 1. The first-order valence-electron chi connectivity index (χ1n) is 6.11. The molecule has 2 aromatic heterocycles. The summed E-state index contributed by atoms with van der Waals surface area (Å²) in [5, 5.41) is 5.56. The van der Waals surface area contributed by atoms with Gasteiger partial charge >= 0.3 is 0 Å². The van der Waals surface area contributed by atoms with Gasteiger partial charge in [-0.2, -0.15) is 5.10 Å². The second-order valence-electron chi connectivity index (χ2n) is 4.54. The summed E-state index contributed by atoms with van der Waals surface area (Å²) >= 11 is 5.92. The average Bonchev–Trinajstić information content (AvgIpc) is 3.01. The van der Waals surface area contributed by atoms with Crippen LogP contribution >= 0.6 is 11.6 Å². The normalized spacial score (nSPS) is 11.5. The fourth-order valence-corrected chi connectivity index (χ4v) is 2.26. The van der Waals surface area contributed by atoms with E-state index in [1.807, 2.05) is 19.3 Å². The first-order chi connectivity index (χ1) is 9.63. The summed E-state index contributed by atoms with van der Waals surface area (Å²) in [6, 6.07) is 5.43. The molecule has 3 aromatic rings.